The molecule has 3 N–H and O–H groups in total. The van der Waals surface area contributed by atoms with Crippen LogP contribution in [0, 0.1) is 19.8 Å². The minimum atomic E-state index is 0.348. The second-order valence-electron chi connectivity index (χ2n) is 5.87. The van der Waals surface area contributed by atoms with E-state index in [1.54, 1.807) is 0 Å². The number of aryl methyl sites for hydroxylation is 2. The molecule has 1 saturated heterocycles. The molecule has 0 aromatic carbocycles. The molecule has 1 aliphatic heterocycles. The van der Waals surface area contributed by atoms with E-state index in [0.717, 1.165) is 49.1 Å². The third-order valence-corrected chi connectivity index (χ3v) is 3.93. The Kier molecular flexibility index (Phi) is 4.09. The van der Waals surface area contributed by atoms with Crippen LogP contribution in [-0.2, 0) is 0 Å². The van der Waals surface area contributed by atoms with Crippen molar-refractivity contribution < 1.29 is 0 Å². The second-order valence-corrected chi connectivity index (χ2v) is 5.87. The highest BCUT2D eigenvalue weighted by Gasteiger charge is 2.23. The number of rotatable bonds is 4. The minimum Gasteiger partial charge on any atom is -0.370 e. The lowest BCUT2D eigenvalue weighted by molar-refractivity contribution is 0.620. The Labute approximate surface area is 130 Å². The number of hydrogen-bond acceptors (Lipinski definition) is 6. The van der Waals surface area contributed by atoms with E-state index in [-0.39, 0.29) is 0 Å². The van der Waals surface area contributed by atoms with Crippen molar-refractivity contribution in [3.05, 3.63) is 35.7 Å². The molecule has 0 radical (unpaired) electrons. The van der Waals surface area contributed by atoms with Gasteiger partial charge in [0.2, 0.25) is 5.95 Å². The van der Waals surface area contributed by atoms with Crippen molar-refractivity contribution in [3.63, 3.8) is 0 Å². The molecule has 3 heterocycles. The molecule has 0 aliphatic carbocycles. The van der Waals surface area contributed by atoms with Gasteiger partial charge in [0.05, 0.1) is 0 Å². The average Bonchev–Trinajstić information content (AvgIpc) is 2.93. The van der Waals surface area contributed by atoms with Crippen molar-refractivity contribution in [1.82, 2.24) is 15.0 Å². The standard InChI is InChI=1S/C16H22N6/c1-11-4-3-5-14(19-11)18-9-13-6-7-22(10-13)15-8-12(2)20-16(17)21-15/h3-5,8,13H,6-7,9-10H2,1-2H3,(H,18,19)(H2,17,20,21)/t13-/m1/s1. The lowest BCUT2D eigenvalue weighted by Crippen LogP contribution is -2.24. The first-order chi connectivity index (χ1) is 10.6. The zero-order valence-electron chi connectivity index (χ0n) is 13.1. The Balaban J connectivity index is 1.58. The van der Waals surface area contributed by atoms with Gasteiger partial charge in [-0.25, -0.2) is 9.97 Å². The van der Waals surface area contributed by atoms with E-state index in [2.05, 4.69) is 25.2 Å². The Morgan fingerprint density at radius 3 is 2.86 bits per heavy atom. The predicted octanol–water partition coefficient (Wildman–Crippen LogP) is 2.01. The van der Waals surface area contributed by atoms with Crippen LogP contribution in [0.25, 0.3) is 0 Å². The molecular weight excluding hydrogens is 276 g/mol. The van der Waals surface area contributed by atoms with Crippen LogP contribution in [-0.4, -0.2) is 34.6 Å². The smallest absolute Gasteiger partial charge is 0.222 e. The first-order valence-electron chi connectivity index (χ1n) is 7.64. The van der Waals surface area contributed by atoms with Crippen LogP contribution in [0.15, 0.2) is 24.3 Å². The summed E-state index contributed by atoms with van der Waals surface area (Å²) < 4.78 is 0. The Hall–Kier alpha value is -2.37. The van der Waals surface area contributed by atoms with Crippen LogP contribution in [0.5, 0.6) is 0 Å². The van der Waals surface area contributed by atoms with Gasteiger partial charge < -0.3 is 16.0 Å². The fraction of sp³-hybridized carbons (Fsp3) is 0.438. The highest BCUT2D eigenvalue weighted by molar-refractivity contribution is 5.44. The van der Waals surface area contributed by atoms with E-state index in [0.29, 0.717) is 11.9 Å². The van der Waals surface area contributed by atoms with E-state index in [1.807, 2.05) is 38.1 Å². The molecule has 0 bridgehead atoms. The van der Waals surface area contributed by atoms with Gasteiger partial charge in [-0.2, -0.15) is 4.98 Å². The topological polar surface area (TPSA) is 80.0 Å². The van der Waals surface area contributed by atoms with Gasteiger partial charge in [-0.05, 0) is 38.3 Å². The summed E-state index contributed by atoms with van der Waals surface area (Å²) >= 11 is 0. The van der Waals surface area contributed by atoms with Gasteiger partial charge in [-0.3, -0.25) is 0 Å². The highest BCUT2D eigenvalue weighted by Crippen LogP contribution is 2.23. The molecule has 1 atom stereocenters. The summed E-state index contributed by atoms with van der Waals surface area (Å²) in [5, 5.41) is 3.43. The van der Waals surface area contributed by atoms with Gasteiger partial charge in [0.25, 0.3) is 0 Å². The van der Waals surface area contributed by atoms with E-state index in [9.17, 15) is 0 Å². The number of nitrogen functional groups attached to an aromatic ring is 1. The number of aromatic nitrogens is 3. The summed E-state index contributed by atoms with van der Waals surface area (Å²) in [6.45, 7) is 6.86. The van der Waals surface area contributed by atoms with Crippen molar-refractivity contribution in [2.24, 2.45) is 5.92 Å². The Bertz CT molecular complexity index is 637. The Morgan fingerprint density at radius 1 is 1.23 bits per heavy atom. The molecule has 6 nitrogen and oxygen atoms in total. The van der Waals surface area contributed by atoms with Gasteiger partial charge in [0.15, 0.2) is 0 Å². The Morgan fingerprint density at radius 2 is 2.09 bits per heavy atom. The third kappa shape index (κ3) is 3.44. The van der Waals surface area contributed by atoms with E-state index in [4.69, 9.17) is 5.73 Å². The quantitative estimate of drug-likeness (QED) is 0.899. The summed E-state index contributed by atoms with van der Waals surface area (Å²) in [5.41, 5.74) is 7.68. The monoisotopic (exact) mass is 298 g/mol. The number of nitrogens with two attached hydrogens (primary N) is 1. The SMILES string of the molecule is Cc1cccc(NC[C@H]2CCN(c3cc(C)nc(N)n3)C2)n1. The maximum absolute atomic E-state index is 5.74. The molecular formula is C16H22N6. The summed E-state index contributed by atoms with van der Waals surface area (Å²) in [6, 6.07) is 8.03. The fourth-order valence-corrected chi connectivity index (χ4v) is 2.83. The first-order valence-corrected chi connectivity index (χ1v) is 7.64. The number of pyridine rings is 1. The lowest BCUT2D eigenvalue weighted by Gasteiger charge is -2.18. The largest absolute Gasteiger partial charge is 0.370 e. The van der Waals surface area contributed by atoms with Crippen LogP contribution in [0.2, 0.25) is 0 Å². The fourth-order valence-electron chi connectivity index (χ4n) is 2.83. The van der Waals surface area contributed by atoms with Gasteiger partial charge in [0.1, 0.15) is 11.6 Å². The molecule has 116 valence electrons. The maximum atomic E-state index is 5.74. The van der Waals surface area contributed by atoms with Gasteiger partial charge >= 0.3 is 0 Å². The summed E-state index contributed by atoms with van der Waals surface area (Å²) in [5.74, 6) is 2.81. The lowest BCUT2D eigenvalue weighted by atomic mass is 10.1. The number of hydrogen-bond donors (Lipinski definition) is 2. The van der Waals surface area contributed by atoms with E-state index < -0.39 is 0 Å². The zero-order valence-corrected chi connectivity index (χ0v) is 13.1. The molecule has 0 spiro atoms. The van der Waals surface area contributed by atoms with E-state index >= 15 is 0 Å². The summed E-state index contributed by atoms with van der Waals surface area (Å²) in [7, 11) is 0. The predicted molar refractivity (Wildman–Crippen MR) is 89.0 cm³/mol. The molecule has 0 amide bonds. The van der Waals surface area contributed by atoms with Gasteiger partial charge in [-0.15, -0.1) is 0 Å². The number of nitrogens with zero attached hydrogens (tertiary/aromatic N) is 4. The average molecular weight is 298 g/mol. The molecule has 1 aliphatic rings. The zero-order chi connectivity index (χ0) is 15.5. The molecule has 3 rings (SSSR count). The number of anilines is 3. The summed E-state index contributed by atoms with van der Waals surface area (Å²) in [4.78, 5) is 15.2. The van der Waals surface area contributed by atoms with Crippen LogP contribution < -0.4 is 16.0 Å². The number of nitrogens with one attached hydrogen (secondary N) is 1. The first kappa shape index (κ1) is 14.6. The van der Waals surface area contributed by atoms with Crippen molar-refractivity contribution in [2.75, 3.05) is 35.6 Å². The van der Waals surface area contributed by atoms with Gasteiger partial charge in [0, 0.05) is 37.1 Å². The van der Waals surface area contributed by atoms with Crippen molar-refractivity contribution in [3.8, 4) is 0 Å². The minimum absolute atomic E-state index is 0.348. The van der Waals surface area contributed by atoms with Gasteiger partial charge in [-0.1, -0.05) is 6.07 Å². The molecule has 1 fully saturated rings. The maximum Gasteiger partial charge on any atom is 0.222 e. The molecule has 6 heteroatoms. The second kappa shape index (κ2) is 6.17. The van der Waals surface area contributed by atoms with Crippen molar-refractivity contribution in [1.29, 1.82) is 0 Å². The van der Waals surface area contributed by atoms with Crippen molar-refractivity contribution >= 4 is 17.6 Å². The van der Waals surface area contributed by atoms with Crippen LogP contribution >= 0.6 is 0 Å². The third-order valence-electron chi connectivity index (χ3n) is 3.93. The van der Waals surface area contributed by atoms with Crippen LogP contribution in [0.4, 0.5) is 17.6 Å². The molecule has 2 aromatic heterocycles. The van der Waals surface area contributed by atoms with Crippen LogP contribution in [0.3, 0.4) is 0 Å². The normalized spacial score (nSPS) is 17.7. The molecule has 0 saturated carbocycles. The van der Waals surface area contributed by atoms with Crippen molar-refractivity contribution in [2.45, 2.75) is 20.3 Å². The van der Waals surface area contributed by atoms with E-state index in [1.165, 1.54) is 0 Å². The highest BCUT2D eigenvalue weighted by atomic mass is 15.2. The van der Waals surface area contributed by atoms with Crippen LogP contribution in [0.1, 0.15) is 17.8 Å². The molecule has 2 aromatic rings. The molecule has 0 unspecified atom stereocenters. The summed E-state index contributed by atoms with van der Waals surface area (Å²) in [6.07, 6.45) is 1.14. The molecule has 22 heavy (non-hydrogen) atoms.